The molecule has 1 fully saturated rings. The summed E-state index contributed by atoms with van der Waals surface area (Å²) in [6.45, 7) is 12.0. The Balaban J connectivity index is 0. The standard InChI is InChI=1S/C4H8.2C2H4/c1-2-4-3-1;2*1-2/h1-4H2;2*1-2H2. The molecule has 1 aliphatic rings. The van der Waals surface area contributed by atoms with Crippen LogP contribution in [0.4, 0.5) is 0 Å². The molecule has 0 amide bonds. The molecule has 48 valence electrons. The first-order valence-corrected chi connectivity index (χ1v) is 3.00. The van der Waals surface area contributed by atoms with Gasteiger partial charge in [0.05, 0.1) is 0 Å². The van der Waals surface area contributed by atoms with Gasteiger partial charge < -0.3 is 0 Å². The van der Waals surface area contributed by atoms with Crippen LogP contribution in [0.2, 0.25) is 0 Å². The fourth-order valence-corrected chi connectivity index (χ4v) is 0.250. The minimum absolute atomic E-state index is 1.50. The second kappa shape index (κ2) is 16.1. The molecule has 0 bridgehead atoms. The Morgan fingerprint density at radius 1 is 0.500 bits per heavy atom. The SMILES string of the molecule is C1CCC1.C=C.C=C. The van der Waals surface area contributed by atoms with E-state index in [0.717, 1.165) is 0 Å². The largest absolute Gasteiger partial charge is 0.106 e. The van der Waals surface area contributed by atoms with E-state index < -0.39 is 0 Å². The van der Waals surface area contributed by atoms with Gasteiger partial charge >= 0.3 is 0 Å². The van der Waals surface area contributed by atoms with Crippen LogP contribution in [0.5, 0.6) is 0 Å². The van der Waals surface area contributed by atoms with Gasteiger partial charge in [-0.25, -0.2) is 0 Å². The van der Waals surface area contributed by atoms with Crippen molar-refractivity contribution in [2.24, 2.45) is 0 Å². The lowest BCUT2D eigenvalue weighted by molar-refractivity contribution is 0.504. The van der Waals surface area contributed by atoms with Crippen LogP contribution in [-0.4, -0.2) is 0 Å². The first-order valence-electron chi connectivity index (χ1n) is 3.00. The minimum atomic E-state index is 1.50. The van der Waals surface area contributed by atoms with E-state index in [1.165, 1.54) is 25.7 Å². The topological polar surface area (TPSA) is 0 Å². The van der Waals surface area contributed by atoms with Crippen molar-refractivity contribution in [3.05, 3.63) is 26.3 Å². The molecule has 1 aliphatic carbocycles. The third-order valence-corrected chi connectivity index (χ3v) is 1.000. The Labute approximate surface area is 52.9 Å². The first-order chi connectivity index (χ1) is 4.00. The van der Waals surface area contributed by atoms with Crippen LogP contribution >= 0.6 is 0 Å². The molecule has 0 unspecified atom stereocenters. The molecule has 0 aromatic rings. The molecule has 0 heteroatoms. The van der Waals surface area contributed by atoms with E-state index in [4.69, 9.17) is 0 Å². The predicted molar refractivity (Wildman–Crippen MR) is 41.0 cm³/mol. The van der Waals surface area contributed by atoms with Crippen molar-refractivity contribution in [1.29, 1.82) is 0 Å². The highest BCUT2D eigenvalue weighted by Crippen LogP contribution is 2.15. The lowest BCUT2D eigenvalue weighted by Crippen LogP contribution is -1.85. The summed E-state index contributed by atoms with van der Waals surface area (Å²) in [5.41, 5.74) is 0. The van der Waals surface area contributed by atoms with Crippen molar-refractivity contribution in [3.63, 3.8) is 0 Å². The third kappa shape index (κ3) is 9.08. The van der Waals surface area contributed by atoms with Crippen LogP contribution in [0, 0.1) is 0 Å². The van der Waals surface area contributed by atoms with Crippen LogP contribution in [-0.2, 0) is 0 Å². The summed E-state index contributed by atoms with van der Waals surface area (Å²) in [5.74, 6) is 0. The van der Waals surface area contributed by atoms with Crippen LogP contribution < -0.4 is 0 Å². The zero-order chi connectivity index (χ0) is 6.83. The van der Waals surface area contributed by atoms with E-state index in [1.807, 2.05) is 0 Å². The molecular formula is C8H16. The Hall–Kier alpha value is -0.520. The molecule has 0 saturated heterocycles. The lowest BCUT2D eigenvalue weighted by atomic mass is 10.0. The van der Waals surface area contributed by atoms with E-state index in [1.54, 1.807) is 0 Å². The van der Waals surface area contributed by atoms with Crippen molar-refractivity contribution in [1.82, 2.24) is 0 Å². The van der Waals surface area contributed by atoms with E-state index in [0.29, 0.717) is 0 Å². The molecule has 0 atom stereocenters. The molecule has 0 N–H and O–H groups in total. The van der Waals surface area contributed by atoms with E-state index in [2.05, 4.69) is 26.3 Å². The van der Waals surface area contributed by atoms with Gasteiger partial charge in [0.25, 0.3) is 0 Å². The van der Waals surface area contributed by atoms with Crippen LogP contribution in [0.25, 0.3) is 0 Å². The minimum Gasteiger partial charge on any atom is -0.106 e. The Kier molecular flexibility index (Phi) is 21.0. The van der Waals surface area contributed by atoms with Gasteiger partial charge in [-0.15, -0.1) is 26.3 Å². The zero-order valence-electron chi connectivity index (χ0n) is 5.66. The summed E-state index contributed by atoms with van der Waals surface area (Å²) in [6.07, 6.45) is 6.00. The average molecular weight is 112 g/mol. The quantitative estimate of drug-likeness (QED) is 0.422. The second-order valence-electron chi connectivity index (χ2n) is 1.41. The van der Waals surface area contributed by atoms with Gasteiger partial charge in [0, 0.05) is 0 Å². The molecule has 0 heterocycles. The van der Waals surface area contributed by atoms with Crippen molar-refractivity contribution in [2.75, 3.05) is 0 Å². The zero-order valence-corrected chi connectivity index (χ0v) is 5.66. The Morgan fingerprint density at radius 3 is 0.625 bits per heavy atom. The Morgan fingerprint density at radius 2 is 0.625 bits per heavy atom. The van der Waals surface area contributed by atoms with Crippen LogP contribution in [0.1, 0.15) is 25.7 Å². The third-order valence-electron chi connectivity index (χ3n) is 1.000. The van der Waals surface area contributed by atoms with Crippen molar-refractivity contribution in [2.45, 2.75) is 25.7 Å². The summed E-state index contributed by atoms with van der Waals surface area (Å²) in [7, 11) is 0. The molecule has 0 aromatic carbocycles. The van der Waals surface area contributed by atoms with Gasteiger partial charge in [0.15, 0.2) is 0 Å². The fourth-order valence-electron chi connectivity index (χ4n) is 0.250. The molecule has 0 radical (unpaired) electrons. The monoisotopic (exact) mass is 112 g/mol. The second-order valence-corrected chi connectivity index (χ2v) is 1.41. The molecule has 0 spiro atoms. The van der Waals surface area contributed by atoms with Crippen LogP contribution in [0.15, 0.2) is 26.3 Å². The highest BCUT2D eigenvalue weighted by molar-refractivity contribution is 4.50. The molecule has 1 saturated carbocycles. The first kappa shape index (κ1) is 10.5. The van der Waals surface area contributed by atoms with Gasteiger partial charge in [0.2, 0.25) is 0 Å². The molecular weight excluding hydrogens is 96.1 g/mol. The van der Waals surface area contributed by atoms with E-state index >= 15 is 0 Å². The van der Waals surface area contributed by atoms with Crippen LogP contribution in [0.3, 0.4) is 0 Å². The Bertz CT molecular complexity index is 21.0. The average Bonchev–Trinajstić information content (AvgIpc) is 1.72. The van der Waals surface area contributed by atoms with Gasteiger partial charge in [-0.3, -0.25) is 0 Å². The maximum absolute atomic E-state index is 3.00. The highest BCUT2D eigenvalue weighted by atomic mass is 14.0. The summed E-state index contributed by atoms with van der Waals surface area (Å²) >= 11 is 0. The number of rotatable bonds is 0. The summed E-state index contributed by atoms with van der Waals surface area (Å²) < 4.78 is 0. The van der Waals surface area contributed by atoms with E-state index in [9.17, 15) is 0 Å². The van der Waals surface area contributed by atoms with Crippen molar-refractivity contribution >= 4 is 0 Å². The highest BCUT2D eigenvalue weighted by Gasteiger charge is 1.95. The van der Waals surface area contributed by atoms with E-state index in [-0.39, 0.29) is 0 Å². The molecule has 0 aliphatic heterocycles. The number of hydrogen-bond donors (Lipinski definition) is 0. The molecule has 1 rings (SSSR count). The van der Waals surface area contributed by atoms with Gasteiger partial charge in [0.1, 0.15) is 0 Å². The normalized spacial score (nSPS) is 13.0. The predicted octanol–water partition coefficient (Wildman–Crippen LogP) is 3.16. The molecule has 8 heavy (non-hydrogen) atoms. The number of hydrogen-bond acceptors (Lipinski definition) is 0. The summed E-state index contributed by atoms with van der Waals surface area (Å²) in [4.78, 5) is 0. The van der Waals surface area contributed by atoms with Crippen molar-refractivity contribution in [3.8, 4) is 0 Å². The maximum Gasteiger partial charge on any atom is -0.0533 e. The molecule has 0 aromatic heterocycles. The maximum atomic E-state index is 3.00. The van der Waals surface area contributed by atoms with Crippen molar-refractivity contribution < 1.29 is 0 Å². The lowest BCUT2D eigenvalue weighted by Gasteiger charge is -2.05. The summed E-state index contributed by atoms with van der Waals surface area (Å²) in [6, 6.07) is 0. The van der Waals surface area contributed by atoms with Gasteiger partial charge in [-0.05, 0) is 0 Å². The van der Waals surface area contributed by atoms with Gasteiger partial charge in [-0.2, -0.15) is 0 Å². The molecule has 0 nitrogen and oxygen atoms in total. The summed E-state index contributed by atoms with van der Waals surface area (Å²) in [5, 5.41) is 0. The smallest absolute Gasteiger partial charge is 0.0533 e. The van der Waals surface area contributed by atoms with Gasteiger partial charge in [-0.1, -0.05) is 25.7 Å². The fraction of sp³-hybridized carbons (Fsp3) is 0.500.